The van der Waals surface area contributed by atoms with Crippen molar-refractivity contribution in [3.63, 3.8) is 0 Å². The maximum atomic E-state index is 5.56. The molecule has 0 spiro atoms. The first-order chi connectivity index (χ1) is 11.9. The van der Waals surface area contributed by atoms with E-state index >= 15 is 0 Å². The predicted molar refractivity (Wildman–Crippen MR) is 107 cm³/mol. The van der Waals surface area contributed by atoms with Crippen molar-refractivity contribution in [1.82, 2.24) is 0 Å². The minimum absolute atomic E-state index is 0.574. The summed E-state index contributed by atoms with van der Waals surface area (Å²) >= 11 is 0. The van der Waals surface area contributed by atoms with E-state index in [1.165, 1.54) is 21.5 Å². The monoisotopic (exact) mass is 332 g/mol. The van der Waals surface area contributed by atoms with Gasteiger partial charge in [0.2, 0.25) is 0 Å². The molecule has 0 aliphatic carbocycles. The van der Waals surface area contributed by atoms with Crippen LogP contribution < -0.4 is 21.6 Å². The van der Waals surface area contributed by atoms with E-state index in [4.69, 9.17) is 5.73 Å². The molecule has 0 saturated carbocycles. The molecule has 0 saturated heterocycles. The van der Waals surface area contributed by atoms with E-state index in [1.807, 2.05) is 6.21 Å². The summed E-state index contributed by atoms with van der Waals surface area (Å²) in [7, 11) is -0.610. The average Bonchev–Trinajstić information content (AvgIpc) is 2.65. The average molecular weight is 332 g/mol. The first-order valence-electron chi connectivity index (χ1n) is 8.09. The number of rotatable bonds is 6. The van der Waals surface area contributed by atoms with E-state index in [2.05, 4.69) is 89.9 Å². The lowest BCUT2D eigenvalue weighted by Gasteiger charge is -2.21. The second-order valence-corrected chi connectivity index (χ2v) is 7.57. The number of hydrogen-bond donors (Lipinski definition) is 1. The Labute approximate surface area is 144 Å². The molecule has 24 heavy (non-hydrogen) atoms. The molecule has 2 nitrogen and oxygen atoms in total. The molecular formula is C21H21N2P. The Balaban J connectivity index is 2.10. The lowest BCUT2D eigenvalue weighted by molar-refractivity contribution is 0.981. The Bertz CT molecular complexity index is 746. The standard InChI is InChI=1S/C21H21N2P/c22-15-16-23-17-18-9-7-8-14-21(18)24(19-10-3-1-4-11-19)20-12-5-2-6-13-20/h1-14,17H,15-16,22H2. The van der Waals surface area contributed by atoms with Crippen LogP contribution in [-0.4, -0.2) is 19.3 Å². The van der Waals surface area contributed by atoms with Crippen LogP contribution in [0.25, 0.3) is 0 Å². The van der Waals surface area contributed by atoms with Gasteiger partial charge in [0.25, 0.3) is 0 Å². The zero-order chi connectivity index (χ0) is 16.6. The number of nitrogens with two attached hydrogens (primary N) is 1. The van der Waals surface area contributed by atoms with Gasteiger partial charge in [0.15, 0.2) is 0 Å². The van der Waals surface area contributed by atoms with Crippen LogP contribution in [0.15, 0.2) is 89.9 Å². The molecule has 0 aliphatic heterocycles. The Kier molecular flexibility index (Phi) is 5.90. The SMILES string of the molecule is NCCN=Cc1ccccc1P(c1ccccc1)c1ccccc1. The lowest BCUT2D eigenvalue weighted by Crippen LogP contribution is -2.23. The van der Waals surface area contributed by atoms with Gasteiger partial charge in [-0.2, -0.15) is 0 Å². The fraction of sp³-hybridized carbons (Fsp3) is 0.0952. The molecule has 0 radical (unpaired) electrons. The van der Waals surface area contributed by atoms with Crippen molar-refractivity contribution >= 4 is 30.0 Å². The van der Waals surface area contributed by atoms with Gasteiger partial charge in [0, 0.05) is 18.3 Å². The molecule has 120 valence electrons. The van der Waals surface area contributed by atoms with E-state index in [1.54, 1.807) is 0 Å². The maximum Gasteiger partial charge on any atom is 0.0512 e. The van der Waals surface area contributed by atoms with E-state index in [9.17, 15) is 0 Å². The highest BCUT2D eigenvalue weighted by Crippen LogP contribution is 2.33. The van der Waals surface area contributed by atoms with Crippen LogP contribution in [0.4, 0.5) is 0 Å². The molecule has 0 atom stereocenters. The van der Waals surface area contributed by atoms with Gasteiger partial charge < -0.3 is 5.73 Å². The van der Waals surface area contributed by atoms with Crippen LogP contribution in [0.2, 0.25) is 0 Å². The molecule has 3 heteroatoms. The van der Waals surface area contributed by atoms with E-state index in [0.717, 1.165) is 0 Å². The summed E-state index contributed by atoms with van der Waals surface area (Å²) in [6, 6.07) is 30.0. The molecule has 0 unspecified atom stereocenters. The molecule has 0 amide bonds. The zero-order valence-corrected chi connectivity index (χ0v) is 14.4. The fourth-order valence-corrected chi connectivity index (χ4v) is 5.04. The molecule has 0 fully saturated rings. The fourth-order valence-electron chi connectivity index (χ4n) is 2.62. The van der Waals surface area contributed by atoms with Gasteiger partial charge in [0.1, 0.15) is 0 Å². The van der Waals surface area contributed by atoms with Crippen molar-refractivity contribution in [3.05, 3.63) is 90.5 Å². The van der Waals surface area contributed by atoms with Crippen molar-refractivity contribution in [2.45, 2.75) is 0 Å². The summed E-state index contributed by atoms with van der Waals surface area (Å²) in [6.07, 6.45) is 1.96. The highest BCUT2D eigenvalue weighted by molar-refractivity contribution is 7.80. The summed E-state index contributed by atoms with van der Waals surface area (Å²) in [6.45, 7) is 1.23. The van der Waals surface area contributed by atoms with Gasteiger partial charge >= 0.3 is 0 Å². The Hall–Kier alpha value is -2.28. The number of nitrogens with zero attached hydrogens (tertiary/aromatic N) is 1. The van der Waals surface area contributed by atoms with Crippen LogP contribution in [0.5, 0.6) is 0 Å². The van der Waals surface area contributed by atoms with Crippen molar-refractivity contribution < 1.29 is 0 Å². The number of aliphatic imine (C=N–C) groups is 1. The second-order valence-electron chi connectivity index (χ2n) is 5.39. The minimum Gasteiger partial charge on any atom is -0.329 e. The number of hydrogen-bond acceptors (Lipinski definition) is 2. The zero-order valence-electron chi connectivity index (χ0n) is 13.5. The summed E-state index contributed by atoms with van der Waals surface area (Å²) in [5, 5.41) is 4.02. The molecule has 3 aromatic carbocycles. The normalized spacial score (nSPS) is 11.2. The molecule has 0 aromatic heterocycles. The van der Waals surface area contributed by atoms with Gasteiger partial charge in [-0.15, -0.1) is 0 Å². The third-order valence-corrected chi connectivity index (χ3v) is 6.21. The third kappa shape index (κ3) is 3.97. The van der Waals surface area contributed by atoms with E-state index in [0.29, 0.717) is 13.1 Å². The Morgan fingerprint density at radius 2 is 1.29 bits per heavy atom. The predicted octanol–water partition coefficient (Wildman–Crippen LogP) is 2.82. The van der Waals surface area contributed by atoms with Crippen LogP contribution in [-0.2, 0) is 0 Å². The van der Waals surface area contributed by atoms with Gasteiger partial charge in [-0.25, -0.2) is 0 Å². The van der Waals surface area contributed by atoms with E-state index < -0.39 is 7.92 Å². The van der Waals surface area contributed by atoms with Crippen LogP contribution in [0.3, 0.4) is 0 Å². The first kappa shape index (κ1) is 16.6. The molecule has 0 aliphatic rings. The Morgan fingerprint density at radius 1 is 0.750 bits per heavy atom. The van der Waals surface area contributed by atoms with Gasteiger partial charge in [-0.05, 0) is 23.8 Å². The summed E-state index contributed by atoms with van der Waals surface area (Å²) in [4.78, 5) is 4.45. The smallest absolute Gasteiger partial charge is 0.0512 e. The minimum atomic E-state index is -0.610. The maximum absolute atomic E-state index is 5.56. The first-order valence-corrected chi connectivity index (χ1v) is 9.43. The van der Waals surface area contributed by atoms with Crippen LogP contribution in [0.1, 0.15) is 5.56 Å². The molecular weight excluding hydrogens is 311 g/mol. The lowest BCUT2D eigenvalue weighted by atomic mass is 10.2. The summed E-state index contributed by atoms with van der Waals surface area (Å²) in [5.74, 6) is 0. The van der Waals surface area contributed by atoms with Crippen LogP contribution in [0, 0.1) is 0 Å². The van der Waals surface area contributed by atoms with Crippen molar-refractivity contribution in [2.75, 3.05) is 13.1 Å². The molecule has 3 aromatic rings. The molecule has 2 N–H and O–H groups in total. The summed E-state index contributed by atoms with van der Waals surface area (Å²) < 4.78 is 0. The van der Waals surface area contributed by atoms with Crippen LogP contribution >= 0.6 is 7.92 Å². The highest BCUT2D eigenvalue weighted by atomic mass is 31.1. The quantitative estimate of drug-likeness (QED) is 0.547. The third-order valence-electron chi connectivity index (χ3n) is 3.70. The summed E-state index contributed by atoms with van der Waals surface area (Å²) in [5.41, 5.74) is 6.73. The van der Waals surface area contributed by atoms with Crippen molar-refractivity contribution in [3.8, 4) is 0 Å². The topological polar surface area (TPSA) is 38.4 Å². The molecule has 3 rings (SSSR count). The highest BCUT2D eigenvalue weighted by Gasteiger charge is 2.18. The molecule has 0 heterocycles. The molecule has 0 bridgehead atoms. The number of benzene rings is 3. The van der Waals surface area contributed by atoms with Crippen molar-refractivity contribution in [1.29, 1.82) is 0 Å². The van der Waals surface area contributed by atoms with E-state index in [-0.39, 0.29) is 0 Å². The second kappa shape index (κ2) is 8.54. The Morgan fingerprint density at radius 3 is 1.88 bits per heavy atom. The van der Waals surface area contributed by atoms with Gasteiger partial charge in [-0.3, -0.25) is 4.99 Å². The van der Waals surface area contributed by atoms with Gasteiger partial charge in [0.05, 0.1) is 6.54 Å². The van der Waals surface area contributed by atoms with Crippen molar-refractivity contribution in [2.24, 2.45) is 10.7 Å². The van der Waals surface area contributed by atoms with Gasteiger partial charge in [-0.1, -0.05) is 84.9 Å². The largest absolute Gasteiger partial charge is 0.329 e.